The molecule has 3 nitrogen and oxygen atoms in total. The molecule has 17 heavy (non-hydrogen) atoms. The van der Waals surface area contributed by atoms with Gasteiger partial charge in [0.2, 0.25) is 5.91 Å². The first kappa shape index (κ1) is 11.3. The van der Waals surface area contributed by atoms with Crippen LogP contribution in [-0.2, 0) is 4.79 Å². The van der Waals surface area contributed by atoms with E-state index in [9.17, 15) is 4.79 Å². The summed E-state index contributed by atoms with van der Waals surface area (Å²) >= 11 is 0. The summed E-state index contributed by atoms with van der Waals surface area (Å²) in [5.74, 6) is -0.0192. The average molecular weight is 226 g/mol. The zero-order chi connectivity index (χ0) is 12.1. The maximum absolute atomic E-state index is 10.7. The van der Waals surface area contributed by atoms with E-state index >= 15 is 0 Å². The number of pyridine rings is 1. The maximum Gasteiger partial charge on any atom is 0.217 e. The Morgan fingerprint density at radius 2 is 2.18 bits per heavy atom. The van der Waals surface area contributed by atoms with Crippen molar-refractivity contribution in [2.24, 2.45) is 0 Å². The molecule has 0 aliphatic heterocycles. The number of carbonyl (C=O) groups excluding carboxylic acids is 1. The van der Waals surface area contributed by atoms with Gasteiger partial charge in [-0.1, -0.05) is 30.4 Å². The van der Waals surface area contributed by atoms with Crippen LogP contribution < -0.4 is 5.32 Å². The fourth-order valence-electron chi connectivity index (χ4n) is 1.65. The second kappa shape index (κ2) is 5.25. The molecular weight excluding hydrogens is 212 g/mol. The normalized spacial score (nSPS) is 10.9. The number of fused-ring (bicyclic) bond motifs is 1. The van der Waals surface area contributed by atoms with Crippen LogP contribution in [0.15, 0.2) is 42.6 Å². The number of carbonyl (C=O) groups is 1. The number of hydrogen-bond donors (Lipinski definition) is 1. The Kier molecular flexibility index (Phi) is 3.50. The van der Waals surface area contributed by atoms with Crippen LogP contribution in [0, 0.1) is 0 Å². The van der Waals surface area contributed by atoms with E-state index < -0.39 is 0 Å². The number of nitrogens with zero attached hydrogens (tertiary/aromatic N) is 1. The zero-order valence-electron chi connectivity index (χ0n) is 9.68. The second-order valence-corrected chi connectivity index (χ2v) is 3.76. The standard InChI is InChI=1S/C14H14N2O/c1-11(17)15-9-4-5-12-8-10-16-14-7-3-2-6-13(12)14/h2-8,10H,9H2,1H3,(H,15,17). The molecule has 86 valence electrons. The van der Waals surface area contributed by atoms with Gasteiger partial charge in [0, 0.05) is 25.1 Å². The number of rotatable bonds is 3. The third-order valence-corrected chi connectivity index (χ3v) is 2.45. The molecule has 1 N–H and O–H groups in total. The molecule has 0 bridgehead atoms. The topological polar surface area (TPSA) is 42.0 Å². The summed E-state index contributed by atoms with van der Waals surface area (Å²) in [6.07, 6.45) is 5.73. The van der Waals surface area contributed by atoms with Gasteiger partial charge in [-0.3, -0.25) is 9.78 Å². The zero-order valence-corrected chi connectivity index (χ0v) is 9.68. The lowest BCUT2D eigenvalue weighted by atomic mass is 10.1. The molecule has 0 aliphatic rings. The smallest absolute Gasteiger partial charge is 0.217 e. The van der Waals surface area contributed by atoms with E-state index in [0.29, 0.717) is 6.54 Å². The van der Waals surface area contributed by atoms with Gasteiger partial charge in [0.15, 0.2) is 0 Å². The van der Waals surface area contributed by atoms with Gasteiger partial charge in [0.25, 0.3) is 0 Å². The Balaban J connectivity index is 2.21. The molecular formula is C14H14N2O. The van der Waals surface area contributed by atoms with E-state index in [-0.39, 0.29) is 5.91 Å². The highest BCUT2D eigenvalue weighted by molar-refractivity contribution is 5.87. The molecule has 1 aromatic heterocycles. The highest BCUT2D eigenvalue weighted by atomic mass is 16.1. The third-order valence-electron chi connectivity index (χ3n) is 2.45. The van der Waals surface area contributed by atoms with Crippen LogP contribution in [0.5, 0.6) is 0 Å². The van der Waals surface area contributed by atoms with Crippen LogP contribution >= 0.6 is 0 Å². The van der Waals surface area contributed by atoms with Gasteiger partial charge in [-0.2, -0.15) is 0 Å². The summed E-state index contributed by atoms with van der Waals surface area (Å²) in [4.78, 5) is 15.0. The minimum absolute atomic E-state index is 0.0192. The molecule has 3 heteroatoms. The van der Waals surface area contributed by atoms with Crippen molar-refractivity contribution in [3.63, 3.8) is 0 Å². The number of nitrogens with one attached hydrogen (secondary N) is 1. The highest BCUT2D eigenvalue weighted by Crippen LogP contribution is 2.16. The van der Waals surface area contributed by atoms with Gasteiger partial charge < -0.3 is 5.32 Å². The van der Waals surface area contributed by atoms with E-state index in [2.05, 4.69) is 10.3 Å². The Morgan fingerprint density at radius 3 is 3.00 bits per heavy atom. The van der Waals surface area contributed by atoms with E-state index in [4.69, 9.17) is 0 Å². The van der Waals surface area contributed by atoms with Crippen molar-refractivity contribution in [3.05, 3.63) is 48.2 Å². The molecule has 1 amide bonds. The van der Waals surface area contributed by atoms with Gasteiger partial charge in [0.05, 0.1) is 5.52 Å². The highest BCUT2D eigenvalue weighted by Gasteiger charge is 1.96. The van der Waals surface area contributed by atoms with E-state index in [0.717, 1.165) is 16.5 Å². The summed E-state index contributed by atoms with van der Waals surface area (Å²) in [5.41, 5.74) is 2.09. The molecule has 0 unspecified atom stereocenters. The minimum Gasteiger partial charge on any atom is -0.353 e. The lowest BCUT2D eigenvalue weighted by Gasteiger charge is -2.01. The van der Waals surface area contributed by atoms with E-state index in [1.54, 1.807) is 6.20 Å². The van der Waals surface area contributed by atoms with Crippen molar-refractivity contribution in [1.29, 1.82) is 0 Å². The van der Waals surface area contributed by atoms with Crippen molar-refractivity contribution in [3.8, 4) is 0 Å². The predicted octanol–water partition coefficient (Wildman–Crippen LogP) is 2.38. The van der Waals surface area contributed by atoms with Crippen LogP contribution in [0.25, 0.3) is 17.0 Å². The molecule has 0 spiro atoms. The first-order valence-corrected chi connectivity index (χ1v) is 5.52. The van der Waals surface area contributed by atoms with Crippen molar-refractivity contribution in [2.45, 2.75) is 6.92 Å². The fourth-order valence-corrected chi connectivity index (χ4v) is 1.65. The first-order valence-electron chi connectivity index (χ1n) is 5.52. The quantitative estimate of drug-likeness (QED) is 0.873. The summed E-state index contributed by atoms with van der Waals surface area (Å²) in [6.45, 7) is 2.06. The molecule has 0 radical (unpaired) electrons. The number of hydrogen-bond acceptors (Lipinski definition) is 2. The molecule has 0 atom stereocenters. The molecule has 2 aromatic rings. The van der Waals surface area contributed by atoms with Gasteiger partial charge in [-0.25, -0.2) is 0 Å². The minimum atomic E-state index is -0.0192. The summed E-state index contributed by atoms with van der Waals surface area (Å²) in [7, 11) is 0. The Bertz CT molecular complexity index is 556. The molecule has 0 saturated heterocycles. The lowest BCUT2D eigenvalue weighted by molar-refractivity contribution is -0.118. The van der Waals surface area contributed by atoms with Gasteiger partial charge in [-0.05, 0) is 17.7 Å². The van der Waals surface area contributed by atoms with Gasteiger partial charge in [0.1, 0.15) is 0 Å². The predicted molar refractivity (Wildman–Crippen MR) is 69.5 cm³/mol. The Morgan fingerprint density at radius 1 is 1.35 bits per heavy atom. The summed E-state index contributed by atoms with van der Waals surface area (Å²) in [5, 5.41) is 3.84. The fraction of sp³-hybridized carbons (Fsp3) is 0.143. The SMILES string of the molecule is CC(=O)NCC=Cc1ccnc2ccccc12. The number of benzene rings is 1. The van der Waals surface area contributed by atoms with Crippen LogP contribution in [0.4, 0.5) is 0 Å². The van der Waals surface area contributed by atoms with Gasteiger partial charge in [-0.15, -0.1) is 0 Å². The van der Waals surface area contributed by atoms with Crippen LogP contribution in [0.2, 0.25) is 0 Å². The van der Waals surface area contributed by atoms with Crippen molar-refractivity contribution < 1.29 is 4.79 Å². The van der Waals surface area contributed by atoms with Crippen molar-refractivity contribution in [1.82, 2.24) is 10.3 Å². The molecule has 0 aliphatic carbocycles. The molecule has 2 rings (SSSR count). The average Bonchev–Trinajstić information content (AvgIpc) is 2.34. The summed E-state index contributed by atoms with van der Waals surface area (Å²) in [6, 6.07) is 9.96. The second-order valence-electron chi connectivity index (χ2n) is 3.76. The molecule has 1 aromatic carbocycles. The Hall–Kier alpha value is -2.16. The maximum atomic E-state index is 10.7. The van der Waals surface area contributed by atoms with Crippen molar-refractivity contribution in [2.75, 3.05) is 6.54 Å². The Labute approximate surface area is 100 Å². The van der Waals surface area contributed by atoms with Crippen LogP contribution in [-0.4, -0.2) is 17.4 Å². The van der Waals surface area contributed by atoms with Crippen molar-refractivity contribution >= 4 is 22.9 Å². The van der Waals surface area contributed by atoms with Gasteiger partial charge >= 0.3 is 0 Å². The van der Waals surface area contributed by atoms with E-state index in [1.807, 2.05) is 42.5 Å². The monoisotopic (exact) mass is 226 g/mol. The largest absolute Gasteiger partial charge is 0.353 e. The first-order chi connectivity index (χ1) is 8.27. The molecule has 1 heterocycles. The van der Waals surface area contributed by atoms with E-state index in [1.165, 1.54) is 6.92 Å². The molecule has 0 fully saturated rings. The number of amides is 1. The van der Waals surface area contributed by atoms with Crippen LogP contribution in [0.3, 0.4) is 0 Å². The number of para-hydroxylation sites is 1. The number of aromatic nitrogens is 1. The summed E-state index contributed by atoms with van der Waals surface area (Å²) < 4.78 is 0. The van der Waals surface area contributed by atoms with Crippen LogP contribution in [0.1, 0.15) is 12.5 Å². The molecule has 0 saturated carbocycles. The lowest BCUT2D eigenvalue weighted by Crippen LogP contribution is -2.19. The third kappa shape index (κ3) is 2.91.